The molecule has 3 aromatic carbocycles. The van der Waals surface area contributed by atoms with Crippen molar-refractivity contribution >= 4 is 20.7 Å². The highest BCUT2D eigenvalue weighted by atomic mass is 32.2. The molecular formula is C27H24N2O4S. The zero-order valence-corrected chi connectivity index (χ0v) is 19.6. The second-order valence-electron chi connectivity index (χ2n) is 8.50. The molecule has 0 bridgehead atoms. The fraction of sp³-hybridized carbons (Fsp3) is 0.222. The van der Waals surface area contributed by atoms with Crippen LogP contribution in [0.15, 0.2) is 71.6 Å². The minimum absolute atomic E-state index is 0.0662. The minimum atomic E-state index is -3.24. The number of aromatic amines is 1. The van der Waals surface area contributed by atoms with Crippen LogP contribution in [0.4, 0.5) is 0 Å². The predicted octanol–water partition coefficient (Wildman–Crippen LogP) is 5.33. The highest BCUT2D eigenvalue weighted by Crippen LogP contribution is 2.35. The first kappa shape index (κ1) is 22.2. The average Bonchev–Trinajstić information content (AvgIpc) is 3.29. The van der Waals surface area contributed by atoms with Crippen LogP contribution in [0.1, 0.15) is 18.4 Å². The van der Waals surface area contributed by atoms with Gasteiger partial charge in [-0.2, -0.15) is 5.26 Å². The lowest BCUT2D eigenvalue weighted by Gasteiger charge is -2.24. The molecule has 6 nitrogen and oxygen atoms in total. The first-order valence-corrected chi connectivity index (χ1v) is 13.0. The highest BCUT2D eigenvalue weighted by Gasteiger charge is 2.18. The van der Waals surface area contributed by atoms with Gasteiger partial charge in [-0.15, -0.1) is 0 Å². The highest BCUT2D eigenvalue weighted by molar-refractivity contribution is 7.90. The molecule has 4 aromatic rings. The molecule has 7 heteroatoms. The summed E-state index contributed by atoms with van der Waals surface area (Å²) in [6.45, 7) is 1.36. The number of rotatable bonds is 5. The Morgan fingerprint density at radius 2 is 1.74 bits per heavy atom. The molecule has 0 unspecified atom stereocenters. The summed E-state index contributed by atoms with van der Waals surface area (Å²) in [7, 11) is -3.24. The summed E-state index contributed by atoms with van der Waals surface area (Å²) < 4.78 is 35.0. The molecule has 34 heavy (non-hydrogen) atoms. The Bertz CT molecular complexity index is 1490. The summed E-state index contributed by atoms with van der Waals surface area (Å²) >= 11 is 0. The van der Waals surface area contributed by atoms with Crippen LogP contribution in [0.25, 0.3) is 33.3 Å². The molecule has 172 valence electrons. The quantitative estimate of drug-likeness (QED) is 0.424. The smallest absolute Gasteiger partial charge is 0.175 e. The van der Waals surface area contributed by atoms with E-state index in [1.54, 1.807) is 24.3 Å². The second kappa shape index (κ2) is 8.98. The second-order valence-corrected chi connectivity index (χ2v) is 10.5. The van der Waals surface area contributed by atoms with Crippen molar-refractivity contribution in [1.29, 1.82) is 5.26 Å². The molecule has 0 atom stereocenters. The van der Waals surface area contributed by atoms with E-state index in [1.807, 2.05) is 36.4 Å². The van der Waals surface area contributed by atoms with E-state index in [0.29, 0.717) is 29.4 Å². The Balaban J connectivity index is 1.49. The van der Waals surface area contributed by atoms with Gasteiger partial charge < -0.3 is 14.5 Å². The van der Waals surface area contributed by atoms with Gasteiger partial charge in [0.25, 0.3) is 0 Å². The molecule has 1 N–H and O–H groups in total. The van der Waals surface area contributed by atoms with Crippen molar-refractivity contribution in [2.45, 2.75) is 23.8 Å². The summed E-state index contributed by atoms with van der Waals surface area (Å²) in [5.74, 6) is 0.603. The molecule has 0 spiro atoms. The van der Waals surface area contributed by atoms with E-state index in [-0.39, 0.29) is 6.10 Å². The lowest BCUT2D eigenvalue weighted by Crippen LogP contribution is -2.26. The monoisotopic (exact) mass is 472 g/mol. The summed E-state index contributed by atoms with van der Waals surface area (Å²) in [4.78, 5) is 3.72. The third-order valence-electron chi connectivity index (χ3n) is 6.13. The fourth-order valence-electron chi connectivity index (χ4n) is 4.31. The average molecular weight is 473 g/mol. The van der Waals surface area contributed by atoms with Crippen LogP contribution in [0, 0.1) is 11.3 Å². The van der Waals surface area contributed by atoms with Gasteiger partial charge in [0.05, 0.1) is 23.7 Å². The molecule has 0 amide bonds. The first-order valence-electron chi connectivity index (χ1n) is 11.1. The largest absolute Gasteiger partial charge is 0.489 e. The molecule has 1 aliphatic heterocycles. The Hall–Kier alpha value is -3.60. The molecule has 1 saturated heterocycles. The van der Waals surface area contributed by atoms with Crippen LogP contribution in [0.5, 0.6) is 5.75 Å². The SMILES string of the molecule is CS(=O)(=O)c1ccc(-c2cc3c(-c4ccc(OC5CCOCC5)c(C#N)c4)cccc3[nH]2)cc1. The Kier molecular flexibility index (Phi) is 5.86. The van der Waals surface area contributed by atoms with Crippen LogP contribution in [-0.4, -0.2) is 39.0 Å². The maximum absolute atomic E-state index is 11.8. The number of nitrogens with one attached hydrogen (secondary N) is 1. The summed E-state index contributed by atoms with van der Waals surface area (Å²) in [5, 5.41) is 10.8. The topological polar surface area (TPSA) is 92.2 Å². The lowest BCUT2D eigenvalue weighted by atomic mass is 9.99. The predicted molar refractivity (Wildman–Crippen MR) is 131 cm³/mol. The van der Waals surface area contributed by atoms with Crippen LogP contribution in [0.2, 0.25) is 0 Å². The van der Waals surface area contributed by atoms with E-state index in [9.17, 15) is 13.7 Å². The number of aromatic nitrogens is 1. The number of nitrogens with zero attached hydrogens (tertiary/aromatic N) is 1. The molecule has 1 aliphatic rings. The van der Waals surface area contributed by atoms with Gasteiger partial charge in [-0.05, 0) is 53.1 Å². The number of nitriles is 1. The van der Waals surface area contributed by atoms with Crippen molar-refractivity contribution in [2.75, 3.05) is 19.5 Å². The number of hydrogen-bond donors (Lipinski definition) is 1. The normalized spacial score (nSPS) is 14.7. The van der Waals surface area contributed by atoms with Gasteiger partial charge in [0.15, 0.2) is 9.84 Å². The van der Waals surface area contributed by atoms with Gasteiger partial charge in [0.2, 0.25) is 0 Å². The van der Waals surface area contributed by atoms with Crippen molar-refractivity contribution < 1.29 is 17.9 Å². The van der Waals surface area contributed by atoms with Gasteiger partial charge in [0.1, 0.15) is 17.9 Å². The maximum atomic E-state index is 11.8. The molecule has 0 aliphatic carbocycles. The van der Waals surface area contributed by atoms with Crippen LogP contribution < -0.4 is 4.74 Å². The van der Waals surface area contributed by atoms with Crippen LogP contribution in [0.3, 0.4) is 0 Å². The van der Waals surface area contributed by atoms with E-state index in [1.165, 1.54) is 6.26 Å². The van der Waals surface area contributed by atoms with Gasteiger partial charge >= 0.3 is 0 Å². The standard InChI is InChI=1S/C27H24N2O4S/c1-34(30,31)22-8-5-18(6-9-22)26-16-24-23(3-2-4-25(24)29-26)19-7-10-27(20(15-19)17-28)33-21-11-13-32-14-12-21/h2-10,15-16,21,29H,11-14H2,1H3. The number of fused-ring (bicyclic) bond motifs is 1. The number of H-pyrrole nitrogens is 1. The number of ether oxygens (including phenoxy) is 2. The summed E-state index contributed by atoms with van der Waals surface area (Å²) in [6.07, 6.45) is 2.91. The maximum Gasteiger partial charge on any atom is 0.175 e. The minimum Gasteiger partial charge on any atom is -0.489 e. The number of benzene rings is 3. The van der Waals surface area contributed by atoms with Gasteiger partial charge in [0, 0.05) is 35.7 Å². The zero-order valence-electron chi connectivity index (χ0n) is 18.7. The van der Waals surface area contributed by atoms with Crippen LogP contribution >= 0.6 is 0 Å². The third-order valence-corrected chi connectivity index (χ3v) is 7.26. The Morgan fingerprint density at radius 1 is 1.00 bits per heavy atom. The van der Waals surface area contributed by atoms with Crippen molar-refractivity contribution in [2.24, 2.45) is 0 Å². The fourth-order valence-corrected chi connectivity index (χ4v) is 4.94. The zero-order chi connectivity index (χ0) is 23.7. The van der Waals surface area contributed by atoms with E-state index >= 15 is 0 Å². The molecule has 0 radical (unpaired) electrons. The van der Waals surface area contributed by atoms with Gasteiger partial charge in [-0.3, -0.25) is 0 Å². The molecule has 1 aromatic heterocycles. The van der Waals surface area contributed by atoms with E-state index < -0.39 is 9.84 Å². The molecular weight excluding hydrogens is 448 g/mol. The van der Waals surface area contributed by atoms with Crippen molar-refractivity contribution in [3.8, 4) is 34.2 Å². The van der Waals surface area contributed by atoms with Crippen molar-refractivity contribution in [3.63, 3.8) is 0 Å². The molecule has 1 fully saturated rings. The Labute approximate surface area is 198 Å². The van der Waals surface area contributed by atoms with Gasteiger partial charge in [-0.25, -0.2) is 8.42 Å². The van der Waals surface area contributed by atoms with E-state index in [0.717, 1.165) is 46.1 Å². The summed E-state index contributed by atoms with van der Waals surface area (Å²) in [5.41, 5.74) is 5.19. The molecule has 0 saturated carbocycles. The third kappa shape index (κ3) is 4.43. The molecule has 5 rings (SSSR count). The molecule has 2 heterocycles. The van der Waals surface area contributed by atoms with E-state index in [2.05, 4.69) is 17.1 Å². The lowest BCUT2D eigenvalue weighted by molar-refractivity contribution is 0.0254. The van der Waals surface area contributed by atoms with Crippen molar-refractivity contribution in [3.05, 3.63) is 72.3 Å². The first-order chi connectivity index (χ1) is 16.4. The van der Waals surface area contributed by atoms with E-state index in [4.69, 9.17) is 9.47 Å². The number of hydrogen-bond acceptors (Lipinski definition) is 5. The van der Waals surface area contributed by atoms with Gasteiger partial charge in [-0.1, -0.05) is 30.3 Å². The number of sulfone groups is 1. The van der Waals surface area contributed by atoms with Crippen LogP contribution in [-0.2, 0) is 14.6 Å². The van der Waals surface area contributed by atoms with Crippen molar-refractivity contribution in [1.82, 2.24) is 4.98 Å². The Morgan fingerprint density at radius 3 is 2.44 bits per heavy atom. The summed E-state index contributed by atoms with van der Waals surface area (Å²) in [6, 6.07) is 22.9.